The summed E-state index contributed by atoms with van der Waals surface area (Å²) in [5.41, 5.74) is -0.162. The van der Waals surface area contributed by atoms with Crippen LogP contribution in [0.1, 0.15) is 26.5 Å². The number of hydrogen-bond acceptors (Lipinski definition) is 3. The second-order valence-electron chi connectivity index (χ2n) is 5.45. The summed E-state index contributed by atoms with van der Waals surface area (Å²) in [5.74, 6) is 1.18. The van der Waals surface area contributed by atoms with E-state index in [1.165, 1.54) is 0 Å². The van der Waals surface area contributed by atoms with Crippen molar-refractivity contribution in [1.29, 1.82) is 0 Å². The molecule has 0 aliphatic rings. The number of nitrogens with one attached hydrogen (secondary N) is 1. The number of aliphatic hydroxyl groups is 1. The number of fused-ring (bicyclic) bond motifs is 1. The maximum atomic E-state index is 10.4. The highest BCUT2D eigenvalue weighted by molar-refractivity contribution is 5.77. The third-order valence-electron chi connectivity index (χ3n) is 2.98. The van der Waals surface area contributed by atoms with Crippen LogP contribution in [0.2, 0.25) is 0 Å². The van der Waals surface area contributed by atoms with Crippen LogP contribution < -0.4 is 5.32 Å². The molecule has 2 N–H and O–H groups in total. The summed E-state index contributed by atoms with van der Waals surface area (Å²) >= 11 is 0. The number of hydrogen-bond donors (Lipinski definition) is 2. The van der Waals surface area contributed by atoms with Crippen molar-refractivity contribution in [2.75, 3.05) is 13.1 Å². The van der Waals surface area contributed by atoms with Gasteiger partial charge in [0.1, 0.15) is 16.9 Å². The summed E-state index contributed by atoms with van der Waals surface area (Å²) in [7, 11) is 0. The van der Waals surface area contributed by atoms with Crippen molar-refractivity contribution in [2.45, 2.75) is 26.4 Å². The lowest BCUT2D eigenvalue weighted by Gasteiger charge is -2.21. The highest BCUT2D eigenvalue weighted by Crippen LogP contribution is 2.27. The Hall–Kier alpha value is -1.32. The maximum absolute atomic E-state index is 10.4. The lowest BCUT2D eigenvalue weighted by molar-refractivity contribution is 0.0354. The van der Waals surface area contributed by atoms with Crippen molar-refractivity contribution < 1.29 is 9.52 Å². The molecule has 0 aliphatic carbocycles. The molecular weight excluding hydrogens is 226 g/mol. The first-order valence-corrected chi connectivity index (χ1v) is 6.41. The molecule has 0 spiro atoms. The Kier molecular flexibility index (Phi) is 3.73. The van der Waals surface area contributed by atoms with Crippen LogP contribution in [0.3, 0.4) is 0 Å². The van der Waals surface area contributed by atoms with Gasteiger partial charge in [-0.15, -0.1) is 0 Å². The van der Waals surface area contributed by atoms with Crippen molar-refractivity contribution in [3.05, 3.63) is 36.1 Å². The van der Waals surface area contributed by atoms with Gasteiger partial charge in [0.25, 0.3) is 0 Å². The van der Waals surface area contributed by atoms with Crippen LogP contribution >= 0.6 is 0 Å². The second-order valence-corrected chi connectivity index (χ2v) is 5.45. The predicted molar refractivity (Wildman–Crippen MR) is 73.5 cm³/mol. The monoisotopic (exact) mass is 247 g/mol. The molecule has 1 aromatic heterocycles. The average molecular weight is 247 g/mol. The minimum atomic E-state index is -0.978. The van der Waals surface area contributed by atoms with Gasteiger partial charge in [-0.2, -0.15) is 0 Å². The van der Waals surface area contributed by atoms with E-state index in [1.807, 2.05) is 30.3 Å². The Balaban J connectivity index is 2.13. The number of furan rings is 1. The molecule has 0 aliphatic heterocycles. The van der Waals surface area contributed by atoms with Gasteiger partial charge < -0.3 is 14.8 Å². The molecule has 1 atom stereocenters. The molecule has 0 fully saturated rings. The summed E-state index contributed by atoms with van der Waals surface area (Å²) in [6.45, 7) is 7.44. The van der Waals surface area contributed by atoms with Crippen molar-refractivity contribution >= 4 is 11.0 Å². The molecule has 1 heterocycles. The van der Waals surface area contributed by atoms with Crippen LogP contribution in [0, 0.1) is 5.92 Å². The van der Waals surface area contributed by atoms with Crippen LogP contribution in [0.4, 0.5) is 0 Å². The summed E-state index contributed by atoms with van der Waals surface area (Å²) in [4.78, 5) is 0. The summed E-state index contributed by atoms with van der Waals surface area (Å²) in [6, 6.07) is 9.71. The normalized spacial score (nSPS) is 15.2. The van der Waals surface area contributed by atoms with Gasteiger partial charge in [0.2, 0.25) is 0 Å². The maximum Gasteiger partial charge on any atom is 0.137 e. The average Bonchev–Trinajstić information content (AvgIpc) is 2.72. The van der Waals surface area contributed by atoms with E-state index in [9.17, 15) is 5.11 Å². The third kappa shape index (κ3) is 2.92. The van der Waals surface area contributed by atoms with E-state index in [-0.39, 0.29) is 0 Å². The highest BCUT2D eigenvalue weighted by atomic mass is 16.4. The van der Waals surface area contributed by atoms with Crippen molar-refractivity contribution in [2.24, 2.45) is 5.92 Å². The van der Waals surface area contributed by atoms with Gasteiger partial charge in [-0.05, 0) is 31.5 Å². The molecule has 98 valence electrons. The molecule has 0 bridgehead atoms. The number of benzene rings is 1. The minimum Gasteiger partial charge on any atom is -0.458 e. The lowest BCUT2D eigenvalue weighted by Crippen LogP contribution is -2.36. The zero-order chi connectivity index (χ0) is 13.2. The summed E-state index contributed by atoms with van der Waals surface area (Å²) < 4.78 is 5.70. The Morgan fingerprint density at radius 1 is 1.33 bits per heavy atom. The van der Waals surface area contributed by atoms with Crippen LogP contribution in [0.15, 0.2) is 34.7 Å². The molecule has 0 saturated heterocycles. The number of rotatable bonds is 5. The molecule has 2 aromatic rings. The van der Waals surface area contributed by atoms with Gasteiger partial charge in [-0.1, -0.05) is 32.0 Å². The van der Waals surface area contributed by atoms with Gasteiger partial charge in [0, 0.05) is 11.9 Å². The van der Waals surface area contributed by atoms with Crippen molar-refractivity contribution in [3.8, 4) is 0 Å². The van der Waals surface area contributed by atoms with Crippen LogP contribution in [-0.4, -0.2) is 18.2 Å². The third-order valence-corrected chi connectivity index (χ3v) is 2.98. The van der Waals surface area contributed by atoms with Crippen molar-refractivity contribution in [1.82, 2.24) is 5.32 Å². The first-order valence-electron chi connectivity index (χ1n) is 6.41. The summed E-state index contributed by atoms with van der Waals surface area (Å²) in [5, 5.41) is 14.7. The van der Waals surface area contributed by atoms with Crippen LogP contribution in [0.25, 0.3) is 11.0 Å². The molecule has 2 rings (SSSR count). The van der Waals surface area contributed by atoms with E-state index < -0.39 is 5.60 Å². The standard InChI is InChI=1S/C15H21NO2/c1-11(2)9-16-10-15(3,17)14-8-12-6-4-5-7-13(12)18-14/h4-8,11,16-17H,9-10H2,1-3H3. The highest BCUT2D eigenvalue weighted by Gasteiger charge is 2.26. The van der Waals surface area contributed by atoms with Gasteiger partial charge >= 0.3 is 0 Å². The zero-order valence-corrected chi connectivity index (χ0v) is 11.2. The van der Waals surface area contributed by atoms with Gasteiger partial charge in [-0.25, -0.2) is 0 Å². The van der Waals surface area contributed by atoms with Gasteiger partial charge in [0.15, 0.2) is 0 Å². The fourth-order valence-corrected chi connectivity index (χ4v) is 1.94. The first kappa shape index (κ1) is 13.1. The van der Waals surface area contributed by atoms with Gasteiger partial charge in [-0.3, -0.25) is 0 Å². The van der Waals surface area contributed by atoms with E-state index in [1.54, 1.807) is 6.92 Å². The molecule has 3 nitrogen and oxygen atoms in total. The molecule has 3 heteroatoms. The van der Waals surface area contributed by atoms with Gasteiger partial charge in [0.05, 0.1) is 0 Å². The molecule has 0 saturated carbocycles. The Labute approximate surface area is 108 Å². The SMILES string of the molecule is CC(C)CNCC(C)(O)c1cc2ccccc2o1. The quantitative estimate of drug-likeness (QED) is 0.854. The van der Waals surface area contributed by atoms with E-state index in [0.29, 0.717) is 18.2 Å². The number of para-hydroxylation sites is 1. The first-order chi connectivity index (χ1) is 8.49. The Morgan fingerprint density at radius 3 is 2.72 bits per heavy atom. The largest absolute Gasteiger partial charge is 0.458 e. The molecule has 0 amide bonds. The molecule has 1 unspecified atom stereocenters. The molecule has 0 radical (unpaired) electrons. The molecule has 1 aromatic carbocycles. The smallest absolute Gasteiger partial charge is 0.137 e. The van der Waals surface area contributed by atoms with Crippen LogP contribution in [0.5, 0.6) is 0 Å². The lowest BCUT2D eigenvalue weighted by atomic mass is 10.0. The fraction of sp³-hybridized carbons (Fsp3) is 0.467. The van der Waals surface area contributed by atoms with E-state index in [4.69, 9.17) is 4.42 Å². The van der Waals surface area contributed by atoms with Crippen LogP contribution in [-0.2, 0) is 5.60 Å². The van der Waals surface area contributed by atoms with E-state index in [0.717, 1.165) is 17.5 Å². The Bertz CT molecular complexity index is 481. The topological polar surface area (TPSA) is 45.4 Å². The zero-order valence-electron chi connectivity index (χ0n) is 11.2. The summed E-state index contributed by atoms with van der Waals surface area (Å²) in [6.07, 6.45) is 0. The van der Waals surface area contributed by atoms with Crippen molar-refractivity contribution in [3.63, 3.8) is 0 Å². The molecular formula is C15H21NO2. The second kappa shape index (κ2) is 5.12. The predicted octanol–water partition coefficient (Wildman–Crippen LogP) is 2.89. The van der Waals surface area contributed by atoms with E-state index >= 15 is 0 Å². The minimum absolute atomic E-state index is 0.491. The Morgan fingerprint density at radius 2 is 2.06 bits per heavy atom. The fourth-order valence-electron chi connectivity index (χ4n) is 1.94. The molecule has 18 heavy (non-hydrogen) atoms. The van der Waals surface area contributed by atoms with E-state index in [2.05, 4.69) is 19.2 Å².